The van der Waals surface area contributed by atoms with Crippen molar-refractivity contribution in [2.45, 2.75) is 32.1 Å². The van der Waals surface area contributed by atoms with Gasteiger partial charge in [0.25, 0.3) is 0 Å². The van der Waals surface area contributed by atoms with Crippen LogP contribution in [0.2, 0.25) is 0 Å². The van der Waals surface area contributed by atoms with E-state index in [1.807, 2.05) is 12.1 Å². The van der Waals surface area contributed by atoms with Crippen LogP contribution < -0.4 is 15.4 Å². The summed E-state index contributed by atoms with van der Waals surface area (Å²) in [6.45, 7) is 1.26. The lowest BCUT2D eigenvalue weighted by atomic mass is 9.91. The van der Waals surface area contributed by atoms with Crippen LogP contribution in [0.15, 0.2) is 24.3 Å². The fourth-order valence-electron chi connectivity index (χ4n) is 4.07. The summed E-state index contributed by atoms with van der Waals surface area (Å²) in [6, 6.07) is 7.14. The molecule has 0 bridgehead atoms. The molecule has 0 fully saturated rings. The quantitative estimate of drug-likeness (QED) is 0.353. The maximum atomic E-state index is 13.6. The lowest BCUT2D eigenvalue weighted by Gasteiger charge is -2.16. The van der Waals surface area contributed by atoms with Crippen molar-refractivity contribution in [1.82, 2.24) is 10.2 Å². The van der Waals surface area contributed by atoms with Gasteiger partial charge < -0.3 is 20.1 Å². The number of carbonyl (C=O) groups excluding carboxylic acids is 3. The van der Waals surface area contributed by atoms with E-state index >= 15 is 0 Å². The number of nitrogens with one attached hydrogen (secondary N) is 2. The molecule has 2 amide bonds. The van der Waals surface area contributed by atoms with Crippen molar-refractivity contribution >= 4 is 33.9 Å². The Morgan fingerprint density at radius 1 is 1.06 bits per heavy atom. The van der Waals surface area contributed by atoms with Crippen LogP contribution in [0.4, 0.5) is 5.00 Å². The number of thiophene rings is 1. The average Bonchev–Trinajstić information content (AvgIpc) is 3.18. The monoisotopic (exact) mass is 487 g/mol. The van der Waals surface area contributed by atoms with Gasteiger partial charge in [-0.05, 0) is 56.8 Å². The van der Waals surface area contributed by atoms with Gasteiger partial charge in [-0.15, -0.1) is 11.3 Å². The molecule has 1 aliphatic carbocycles. The number of carbonyl (C=O) groups is 3. The molecule has 8 nitrogen and oxygen atoms in total. The van der Waals surface area contributed by atoms with Gasteiger partial charge in [0.2, 0.25) is 11.8 Å². The lowest BCUT2D eigenvalue weighted by molar-refractivity contribution is -0.123. The Kier molecular flexibility index (Phi) is 9.62. The highest BCUT2D eigenvalue weighted by molar-refractivity contribution is 7.17. The van der Waals surface area contributed by atoms with E-state index in [2.05, 4.69) is 10.6 Å². The van der Waals surface area contributed by atoms with Gasteiger partial charge in [0.15, 0.2) is 5.78 Å². The summed E-state index contributed by atoms with van der Waals surface area (Å²) < 4.78 is 10.4. The Morgan fingerprint density at radius 3 is 2.56 bits per heavy atom. The average molecular weight is 488 g/mol. The van der Waals surface area contributed by atoms with Gasteiger partial charge in [-0.25, -0.2) is 0 Å². The maximum Gasteiger partial charge on any atom is 0.239 e. The van der Waals surface area contributed by atoms with Crippen molar-refractivity contribution in [3.63, 3.8) is 0 Å². The minimum atomic E-state index is -0.262. The van der Waals surface area contributed by atoms with Crippen LogP contribution in [0.25, 0.3) is 0 Å². The highest BCUT2D eigenvalue weighted by Crippen LogP contribution is 2.40. The molecule has 0 radical (unpaired) electrons. The first-order chi connectivity index (χ1) is 16.4. The number of amides is 2. The molecule has 0 atom stereocenters. The normalized spacial score (nSPS) is 12.8. The van der Waals surface area contributed by atoms with Crippen LogP contribution in [0.3, 0.4) is 0 Å². The third-order valence-corrected chi connectivity index (χ3v) is 6.88. The van der Waals surface area contributed by atoms with E-state index in [1.165, 1.54) is 11.3 Å². The number of aryl methyl sites for hydroxylation is 1. The van der Waals surface area contributed by atoms with Gasteiger partial charge >= 0.3 is 0 Å². The van der Waals surface area contributed by atoms with Crippen LogP contribution in [-0.4, -0.2) is 70.0 Å². The molecular weight excluding hydrogens is 454 g/mol. The van der Waals surface area contributed by atoms with E-state index in [0.29, 0.717) is 35.0 Å². The van der Waals surface area contributed by atoms with Gasteiger partial charge in [0, 0.05) is 25.1 Å². The van der Waals surface area contributed by atoms with Crippen molar-refractivity contribution < 1.29 is 23.9 Å². The predicted octanol–water partition coefficient (Wildman–Crippen LogP) is 2.89. The van der Waals surface area contributed by atoms with Crippen LogP contribution in [-0.2, 0) is 27.2 Å². The maximum absolute atomic E-state index is 13.6. The number of ketones is 1. The molecule has 34 heavy (non-hydrogen) atoms. The van der Waals surface area contributed by atoms with Crippen LogP contribution in [0.5, 0.6) is 5.75 Å². The predicted molar refractivity (Wildman–Crippen MR) is 133 cm³/mol. The van der Waals surface area contributed by atoms with Crippen molar-refractivity contribution in [3.05, 3.63) is 45.8 Å². The number of para-hydroxylation sites is 1. The molecule has 2 aromatic rings. The van der Waals surface area contributed by atoms with Gasteiger partial charge in [-0.1, -0.05) is 12.1 Å². The van der Waals surface area contributed by atoms with Crippen LogP contribution >= 0.6 is 11.3 Å². The SMILES string of the molecule is COCCCNC(=O)CN(C)CC(=O)Nc1sc2c(c1C(=O)c1ccccc1OC)CCCC2. The van der Waals surface area contributed by atoms with Gasteiger partial charge in [0.05, 0.1) is 31.3 Å². The molecule has 0 spiro atoms. The Hall–Kier alpha value is -2.75. The molecule has 1 aliphatic rings. The lowest BCUT2D eigenvalue weighted by Crippen LogP contribution is -2.39. The zero-order chi connectivity index (χ0) is 24.5. The largest absolute Gasteiger partial charge is 0.496 e. The summed E-state index contributed by atoms with van der Waals surface area (Å²) in [5.74, 6) is -0.0416. The summed E-state index contributed by atoms with van der Waals surface area (Å²) in [7, 11) is 4.88. The second-order valence-electron chi connectivity index (χ2n) is 8.36. The van der Waals surface area contributed by atoms with E-state index in [4.69, 9.17) is 9.47 Å². The third-order valence-electron chi connectivity index (χ3n) is 5.68. The molecule has 0 saturated heterocycles. The van der Waals surface area contributed by atoms with E-state index in [1.54, 1.807) is 38.3 Å². The topological polar surface area (TPSA) is 97.0 Å². The number of hydrogen-bond donors (Lipinski definition) is 2. The number of methoxy groups -OCH3 is 2. The fraction of sp³-hybridized carbons (Fsp3) is 0.480. The van der Waals surface area contributed by atoms with E-state index in [9.17, 15) is 14.4 Å². The first kappa shape index (κ1) is 25.9. The van der Waals surface area contributed by atoms with Crippen molar-refractivity contribution in [1.29, 1.82) is 0 Å². The molecule has 1 heterocycles. The van der Waals surface area contributed by atoms with Crippen molar-refractivity contribution in [3.8, 4) is 5.75 Å². The second kappa shape index (κ2) is 12.6. The number of fused-ring (bicyclic) bond motifs is 1. The fourth-order valence-corrected chi connectivity index (χ4v) is 5.38. The smallest absolute Gasteiger partial charge is 0.239 e. The summed E-state index contributed by atoms with van der Waals surface area (Å²) in [4.78, 5) is 41.3. The second-order valence-corrected chi connectivity index (χ2v) is 9.47. The highest BCUT2D eigenvalue weighted by Gasteiger charge is 2.28. The molecule has 0 aliphatic heterocycles. The van der Waals surface area contributed by atoms with Crippen LogP contribution in [0, 0.1) is 0 Å². The molecule has 3 rings (SSSR count). The Balaban J connectivity index is 1.71. The standard InChI is InChI=1S/C25H33N3O5S/c1-28(15-21(29)26-13-8-14-32-2)16-22(30)27-25-23(18-10-5-7-12-20(18)34-25)24(31)17-9-4-6-11-19(17)33-3/h4,6,9,11H,5,7-8,10,12-16H2,1-3H3,(H,26,29)(H,27,30). The first-order valence-electron chi connectivity index (χ1n) is 11.5. The number of nitrogens with zero attached hydrogens (tertiary/aromatic N) is 1. The highest BCUT2D eigenvalue weighted by atomic mass is 32.1. The molecule has 0 saturated carbocycles. The number of anilines is 1. The third kappa shape index (κ3) is 6.65. The zero-order valence-electron chi connectivity index (χ0n) is 20.1. The number of likely N-dealkylation sites (N-methyl/N-ethyl adjacent to an activating group) is 1. The van der Waals surface area contributed by atoms with Crippen LogP contribution in [0.1, 0.15) is 45.6 Å². The summed E-state index contributed by atoms with van der Waals surface area (Å²) in [6.07, 6.45) is 4.56. The Bertz CT molecular complexity index is 1020. The zero-order valence-corrected chi connectivity index (χ0v) is 20.9. The molecule has 2 N–H and O–H groups in total. The van der Waals surface area contributed by atoms with E-state index in [-0.39, 0.29) is 30.7 Å². The molecule has 1 aromatic heterocycles. The minimum Gasteiger partial charge on any atom is -0.496 e. The number of hydrogen-bond acceptors (Lipinski definition) is 7. The summed E-state index contributed by atoms with van der Waals surface area (Å²) >= 11 is 1.48. The minimum absolute atomic E-state index is 0.0380. The first-order valence-corrected chi connectivity index (χ1v) is 12.3. The molecule has 0 unspecified atom stereocenters. The van der Waals surface area contributed by atoms with E-state index in [0.717, 1.165) is 42.5 Å². The molecular formula is C25H33N3O5S. The van der Waals surface area contributed by atoms with E-state index < -0.39 is 0 Å². The van der Waals surface area contributed by atoms with Gasteiger partial charge in [-0.3, -0.25) is 19.3 Å². The Labute approximate surface area is 204 Å². The Morgan fingerprint density at radius 2 is 1.79 bits per heavy atom. The van der Waals surface area contributed by atoms with Crippen molar-refractivity contribution in [2.24, 2.45) is 0 Å². The molecule has 9 heteroatoms. The van der Waals surface area contributed by atoms with Gasteiger partial charge in [-0.2, -0.15) is 0 Å². The molecule has 184 valence electrons. The summed E-state index contributed by atoms with van der Waals surface area (Å²) in [5.41, 5.74) is 2.08. The number of rotatable bonds is 12. The van der Waals surface area contributed by atoms with Crippen molar-refractivity contribution in [2.75, 3.05) is 52.8 Å². The molecule has 1 aromatic carbocycles. The number of benzene rings is 1. The van der Waals surface area contributed by atoms with Gasteiger partial charge in [0.1, 0.15) is 10.8 Å². The number of ether oxygens (including phenoxy) is 2. The summed E-state index contributed by atoms with van der Waals surface area (Å²) in [5, 5.41) is 6.33.